The highest BCUT2D eigenvalue weighted by Gasteiger charge is 2.32. The number of carbonyl (C=O) groups is 2. The van der Waals surface area contributed by atoms with Crippen LogP contribution in [0.1, 0.15) is 37.5 Å². The van der Waals surface area contributed by atoms with Gasteiger partial charge in [-0.3, -0.25) is 9.78 Å². The second-order valence-electron chi connectivity index (χ2n) is 4.84. The van der Waals surface area contributed by atoms with Crippen LogP contribution in [0.4, 0.5) is 0 Å². The van der Waals surface area contributed by atoms with Crippen molar-refractivity contribution in [3.05, 3.63) is 64.5 Å². The molecule has 0 saturated heterocycles. The summed E-state index contributed by atoms with van der Waals surface area (Å²) in [5.41, 5.74) is 1.96. The molecule has 1 heterocycles. The number of carboxylic acid groups (broad SMARTS) is 1. The zero-order chi connectivity index (χ0) is 15.1. The number of hydrogen-bond donors (Lipinski definition) is 2. The molecule has 0 bridgehead atoms. The van der Waals surface area contributed by atoms with E-state index in [0.717, 1.165) is 5.56 Å². The first-order chi connectivity index (χ1) is 9.99. The molecule has 1 aromatic carbocycles. The van der Waals surface area contributed by atoms with E-state index in [1.165, 1.54) is 18.2 Å². The molecule has 0 amide bonds. The number of ketones is 1. The van der Waals surface area contributed by atoms with E-state index in [-0.39, 0.29) is 33.8 Å². The molecule has 0 unspecified atom stereocenters. The van der Waals surface area contributed by atoms with Crippen LogP contribution in [0.15, 0.2) is 36.5 Å². The van der Waals surface area contributed by atoms with Crippen molar-refractivity contribution in [2.45, 2.75) is 6.92 Å². The molecule has 0 atom stereocenters. The maximum absolute atomic E-state index is 12.4. The Labute approximate surface area is 120 Å². The molecular weight excluding hydrogens is 270 g/mol. The Morgan fingerprint density at radius 2 is 1.90 bits per heavy atom. The third kappa shape index (κ3) is 1.99. The zero-order valence-corrected chi connectivity index (χ0v) is 11.1. The predicted molar refractivity (Wildman–Crippen MR) is 76.1 cm³/mol. The van der Waals surface area contributed by atoms with Crippen LogP contribution in [0, 0.1) is 6.92 Å². The van der Waals surface area contributed by atoms with E-state index >= 15 is 0 Å². The van der Waals surface area contributed by atoms with Gasteiger partial charge in [-0.1, -0.05) is 6.07 Å². The van der Waals surface area contributed by atoms with E-state index in [2.05, 4.69) is 4.98 Å². The first kappa shape index (κ1) is 13.1. The highest BCUT2D eigenvalue weighted by molar-refractivity contribution is 6.38. The summed E-state index contributed by atoms with van der Waals surface area (Å²) in [6.45, 7) is 1.87. The standard InChI is InChI=1S/C16H11NO4/c1-8-2-5-12(17-7-8)13-14(18)10-4-3-9(16(20)21)6-11(10)15(13)19/h2-7,19H,1H3,(H,20,21). The van der Waals surface area contributed by atoms with Crippen molar-refractivity contribution in [1.82, 2.24) is 4.98 Å². The van der Waals surface area contributed by atoms with Crippen molar-refractivity contribution in [2.75, 3.05) is 0 Å². The Morgan fingerprint density at radius 3 is 2.52 bits per heavy atom. The molecule has 0 fully saturated rings. The Bertz CT molecular complexity index is 804. The number of carboxylic acids is 1. The van der Waals surface area contributed by atoms with E-state index in [1.807, 2.05) is 6.92 Å². The average molecular weight is 281 g/mol. The number of hydrogen-bond acceptors (Lipinski definition) is 4. The number of fused-ring (bicyclic) bond motifs is 1. The molecule has 3 rings (SSSR count). The van der Waals surface area contributed by atoms with Crippen molar-refractivity contribution < 1.29 is 19.8 Å². The van der Waals surface area contributed by atoms with Crippen LogP contribution < -0.4 is 0 Å². The molecule has 2 aromatic rings. The number of carbonyl (C=O) groups excluding carboxylic acids is 1. The number of pyridine rings is 1. The fourth-order valence-corrected chi connectivity index (χ4v) is 2.30. The zero-order valence-electron chi connectivity index (χ0n) is 11.1. The Morgan fingerprint density at radius 1 is 1.14 bits per heavy atom. The minimum absolute atomic E-state index is 0.0196. The molecule has 0 saturated carbocycles. The summed E-state index contributed by atoms with van der Waals surface area (Å²) >= 11 is 0. The Balaban J connectivity index is 2.16. The fourth-order valence-electron chi connectivity index (χ4n) is 2.30. The molecule has 0 aliphatic heterocycles. The summed E-state index contributed by atoms with van der Waals surface area (Å²) in [4.78, 5) is 27.5. The van der Waals surface area contributed by atoms with Crippen LogP contribution in [-0.2, 0) is 0 Å². The summed E-state index contributed by atoms with van der Waals surface area (Å²) in [6.07, 6.45) is 1.61. The second-order valence-corrected chi connectivity index (χ2v) is 4.84. The highest BCUT2D eigenvalue weighted by Crippen LogP contribution is 2.36. The number of Topliss-reactive ketones (excluding diaryl/α,β-unsaturated/α-hetero) is 1. The van der Waals surface area contributed by atoms with Crippen LogP contribution in [0.25, 0.3) is 11.3 Å². The SMILES string of the molecule is Cc1ccc(C2=C(O)c3cc(C(=O)O)ccc3C2=O)nc1. The number of rotatable bonds is 2. The number of aryl methyl sites for hydroxylation is 1. The molecule has 21 heavy (non-hydrogen) atoms. The number of aromatic carboxylic acids is 1. The van der Waals surface area contributed by atoms with Crippen molar-refractivity contribution in [3.63, 3.8) is 0 Å². The third-order valence-corrected chi connectivity index (χ3v) is 3.40. The number of nitrogens with zero attached hydrogens (tertiary/aromatic N) is 1. The second kappa shape index (κ2) is 4.56. The summed E-state index contributed by atoms with van der Waals surface area (Å²) in [7, 11) is 0. The van der Waals surface area contributed by atoms with Gasteiger partial charge in [0.25, 0.3) is 0 Å². The van der Waals surface area contributed by atoms with Crippen LogP contribution >= 0.6 is 0 Å². The first-order valence-corrected chi connectivity index (χ1v) is 6.27. The number of allylic oxidation sites excluding steroid dienone is 1. The van der Waals surface area contributed by atoms with E-state index in [0.29, 0.717) is 5.69 Å². The molecule has 5 nitrogen and oxygen atoms in total. The lowest BCUT2D eigenvalue weighted by atomic mass is 10.0. The summed E-state index contributed by atoms with van der Waals surface area (Å²) in [5.74, 6) is -1.69. The average Bonchev–Trinajstić information content (AvgIpc) is 2.72. The van der Waals surface area contributed by atoms with Gasteiger partial charge in [0.05, 0.1) is 16.8 Å². The summed E-state index contributed by atoms with van der Waals surface area (Å²) in [5, 5.41) is 19.3. The van der Waals surface area contributed by atoms with E-state index in [4.69, 9.17) is 5.11 Å². The molecule has 0 spiro atoms. The minimum Gasteiger partial charge on any atom is -0.506 e. The Hall–Kier alpha value is -2.95. The molecule has 104 valence electrons. The Kier molecular flexibility index (Phi) is 2.83. The normalized spacial score (nSPS) is 13.5. The van der Waals surface area contributed by atoms with Crippen molar-refractivity contribution in [2.24, 2.45) is 0 Å². The largest absolute Gasteiger partial charge is 0.506 e. The van der Waals surface area contributed by atoms with Gasteiger partial charge in [-0.15, -0.1) is 0 Å². The van der Waals surface area contributed by atoms with Gasteiger partial charge in [-0.25, -0.2) is 4.79 Å². The molecule has 1 aromatic heterocycles. The lowest BCUT2D eigenvalue weighted by Gasteiger charge is -2.01. The maximum atomic E-state index is 12.4. The van der Waals surface area contributed by atoms with Crippen LogP contribution in [-0.4, -0.2) is 26.9 Å². The molecule has 0 radical (unpaired) electrons. The van der Waals surface area contributed by atoms with E-state index < -0.39 is 5.97 Å². The minimum atomic E-state index is -1.11. The molecular formula is C16H11NO4. The molecule has 1 aliphatic carbocycles. The van der Waals surface area contributed by atoms with E-state index in [9.17, 15) is 14.7 Å². The topological polar surface area (TPSA) is 87.5 Å². The van der Waals surface area contributed by atoms with Gasteiger partial charge < -0.3 is 10.2 Å². The molecule has 5 heteroatoms. The van der Waals surface area contributed by atoms with Gasteiger partial charge in [0.1, 0.15) is 5.76 Å². The third-order valence-electron chi connectivity index (χ3n) is 3.40. The maximum Gasteiger partial charge on any atom is 0.335 e. The highest BCUT2D eigenvalue weighted by atomic mass is 16.4. The predicted octanol–water partition coefficient (Wildman–Crippen LogP) is 2.71. The lowest BCUT2D eigenvalue weighted by molar-refractivity contribution is 0.0696. The van der Waals surface area contributed by atoms with Crippen molar-refractivity contribution in [3.8, 4) is 0 Å². The smallest absolute Gasteiger partial charge is 0.335 e. The number of aromatic nitrogens is 1. The van der Waals surface area contributed by atoms with Gasteiger partial charge in [0, 0.05) is 17.3 Å². The van der Waals surface area contributed by atoms with Gasteiger partial charge in [0.2, 0.25) is 0 Å². The van der Waals surface area contributed by atoms with Gasteiger partial charge in [-0.2, -0.15) is 0 Å². The molecule has 2 N–H and O–H groups in total. The number of benzene rings is 1. The summed E-state index contributed by atoms with van der Waals surface area (Å²) < 4.78 is 0. The van der Waals surface area contributed by atoms with Gasteiger partial charge in [-0.05, 0) is 36.8 Å². The molecule has 1 aliphatic rings. The lowest BCUT2D eigenvalue weighted by Crippen LogP contribution is -2.01. The van der Waals surface area contributed by atoms with Crippen LogP contribution in [0.3, 0.4) is 0 Å². The first-order valence-electron chi connectivity index (χ1n) is 6.27. The van der Waals surface area contributed by atoms with Crippen LogP contribution in [0.5, 0.6) is 0 Å². The van der Waals surface area contributed by atoms with Crippen molar-refractivity contribution >= 4 is 23.1 Å². The fraction of sp³-hybridized carbons (Fsp3) is 0.0625. The van der Waals surface area contributed by atoms with Gasteiger partial charge in [0.15, 0.2) is 5.78 Å². The quantitative estimate of drug-likeness (QED) is 0.883. The number of aliphatic hydroxyl groups is 1. The van der Waals surface area contributed by atoms with Gasteiger partial charge >= 0.3 is 5.97 Å². The monoisotopic (exact) mass is 281 g/mol. The summed E-state index contributed by atoms with van der Waals surface area (Å²) in [6, 6.07) is 7.51. The number of aliphatic hydroxyl groups excluding tert-OH is 1. The van der Waals surface area contributed by atoms with Crippen molar-refractivity contribution in [1.29, 1.82) is 0 Å². The van der Waals surface area contributed by atoms with E-state index in [1.54, 1.807) is 18.3 Å². The van der Waals surface area contributed by atoms with Crippen LogP contribution in [0.2, 0.25) is 0 Å².